The van der Waals surface area contributed by atoms with Crippen LogP contribution in [0.1, 0.15) is 57.5 Å². The van der Waals surface area contributed by atoms with E-state index in [2.05, 4.69) is 51.1 Å². The summed E-state index contributed by atoms with van der Waals surface area (Å²) < 4.78 is 1.04. The van der Waals surface area contributed by atoms with Crippen LogP contribution < -0.4 is 16.4 Å². The quantitative estimate of drug-likeness (QED) is 0.0727. The molecule has 0 unspecified atom stereocenters. The second-order valence-corrected chi connectivity index (χ2v) is 12.0. The molecule has 0 spiro atoms. The zero-order valence-electron chi connectivity index (χ0n) is 27.6. The van der Waals surface area contributed by atoms with E-state index in [0.717, 1.165) is 52.4 Å². The summed E-state index contributed by atoms with van der Waals surface area (Å²) in [5.74, 6) is -7.87. The van der Waals surface area contributed by atoms with Crippen LogP contribution in [0.2, 0.25) is 0 Å². The van der Waals surface area contributed by atoms with Crippen LogP contribution in [0.5, 0.6) is 0 Å². The molecule has 0 saturated heterocycles. The molecule has 0 radical (unpaired) electrons. The fraction of sp³-hybridized carbons (Fsp3) is 0.0312. The highest BCUT2D eigenvalue weighted by Gasteiger charge is 2.20. The predicted octanol–water partition coefficient (Wildman–Crippen LogP) is 4.86. The first kappa shape index (κ1) is 36.6. The Morgan fingerprint density at radius 2 is 1.18 bits per heavy atom. The highest BCUT2D eigenvalue weighted by Crippen LogP contribution is 2.33. The number of aromatic carboxylic acids is 5. The topological polar surface area (TPSA) is 344 Å². The number of rotatable bonds is 13. The van der Waals surface area contributed by atoms with Crippen LogP contribution in [0.4, 0.5) is 39.9 Å². The van der Waals surface area contributed by atoms with Gasteiger partial charge in [0.05, 0.1) is 33.5 Å². The lowest BCUT2D eigenvalue weighted by atomic mass is 10.1. The number of aromatic nitrogens is 7. The van der Waals surface area contributed by atoms with Crippen LogP contribution in [0.25, 0.3) is 16.5 Å². The molecule has 0 amide bonds. The van der Waals surface area contributed by atoms with Crippen LogP contribution in [0.15, 0.2) is 70.9 Å². The monoisotopic (exact) mass is 766 g/mol. The first-order valence-electron chi connectivity index (χ1n) is 15.1. The van der Waals surface area contributed by atoms with Gasteiger partial charge in [-0.15, -0.1) is 20.4 Å². The van der Waals surface area contributed by atoms with Gasteiger partial charge in [-0.25, -0.2) is 24.0 Å². The van der Waals surface area contributed by atoms with Crippen molar-refractivity contribution >= 4 is 81.1 Å². The summed E-state index contributed by atoms with van der Waals surface area (Å²) >= 11 is 1.02. The Labute approximate surface area is 309 Å². The lowest BCUT2D eigenvalue weighted by Crippen LogP contribution is -2.13. The molecule has 0 aliphatic heterocycles. The average Bonchev–Trinajstić information content (AvgIpc) is 3.73. The number of nitrogen functional groups attached to an aromatic ring is 1. The van der Waals surface area contributed by atoms with Gasteiger partial charge in [-0.05, 0) is 55.5 Å². The smallest absolute Gasteiger partial charge is 0.335 e. The molecule has 3 aromatic carbocycles. The number of benzene rings is 3. The zero-order valence-corrected chi connectivity index (χ0v) is 28.4. The number of nitrogens with two attached hydrogens (primary N) is 1. The van der Waals surface area contributed by atoms with Gasteiger partial charge < -0.3 is 41.9 Å². The fourth-order valence-corrected chi connectivity index (χ4v) is 5.45. The molecule has 6 aromatic rings. The number of aryl methyl sites for hydroxylation is 1. The molecular weight excluding hydrogens is 744 g/mol. The molecule has 55 heavy (non-hydrogen) atoms. The Kier molecular flexibility index (Phi) is 9.84. The Hall–Kier alpha value is -8.21. The summed E-state index contributed by atoms with van der Waals surface area (Å²) in [6.07, 6.45) is 0. The lowest BCUT2D eigenvalue weighted by Gasteiger charge is -2.12. The molecule has 22 nitrogen and oxygen atoms in total. The number of nitrogens with one attached hydrogen (secondary N) is 2. The SMILES string of the molecule is Cc1nn(-c2nc(Nc3cc(C(=O)O)cc(C(=O)O)c3)nc(Nc3cc(C(=O)O)cc(C(=O)O)c3)n2)c(N)c1/N=N/c1nnc(-c2cccc(C(=O)O)c2)s1. The normalized spacial score (nSPS) is 11.0. The van der Waals surface area contributed by atoms with Crippen molar-refractivity contribution in [3.63, 3.8) is 0 Å². The molecule has 0 saturated carbocycles. The summed E-state index contributed by atoms with van der Waals surface area (Å²) in [6, 6.07) is 12.4. The molecule has 276 valence electrons. The van der Waals surface area contributed by atoms with Crippen molar-refractivity contribution in [1.82, 2.24) is 34.9 Å². The van der Waals surface area contributed by atoms with Gasteiger partial charge in [0.1, 0.15) is 5.01 Å². The third-order valence-electron chi connectivity index (χ3n) is 7.25. The summed E-state index contributed by atoms with van der Waals surface area (Å²) in [5, 5.41) is 74.0. The minimum Gasteiger partial charge on any atom is -0.478 e. The van der Waals surface area contributed by atoms with Gasteiger partial charge in [0.25, 0.3) is 11.1 Å². The number of hydrogen-bond donors (Lipinski definition) is 8. The van der Waals surface area contributed by atoms with Crippen molar-refractivity contribution in [2.45, 2.75) is 6.92 Å². The number of carboxylic acid groups (broad SMARTS) is 5. The molecule has 0 bridgehead atoms. The molecule has 0 aliphatic carbocycles. The number of carbonyl (C=O) groups is 5. The van der Waals surface area contributed by atoms with Crippen molar-refractivity contribution in [3.8, 4) is 16.5 Å². The van der Waals surface area contributed by atoms with E-state index in [1.807, 2.05) is 0 Å². The molecule has 0 aliphatic rings. The van der Waals surface area contributed by atoms with Crippen molar-refractivity contribution in [2.24, 2.45) is 10.2 Å². The molecule has 23 heteroatoms. The first-order chi connectivity index (χ1) is 26.1. The number of hydrogen-bond acceptors (Lipinski definition) is 17. The van der Waals surface area contributed by atoms with Gasteiger partial charge in [0.15, 0.2) is 11.5 Å². The third kappa shape index (κ3) is 8.15. The Balaban J connectivity index is 1.39. The van der Waals surface area contributed by atoms with E-state index in [9.17, 15) is 49.5 Å². The maximum Gasteiger partial charge on any atom is 0.335 e. The lowest BCUT2D eigenvalue weighted by molar-refractivity contribution is 0.0676. The number of carboxylic acids is 5. The zero-order chi connectivity index (χ0) is 39.6. The molecule has 0 atom stereocenters. The second kappa shape index (κ2) is 14.8. The van der Waals surface area contributed by atoms with Crippen molar-refractivity contribution in [2.75, 3.05) is 16.4 Å². The van der Waals surface area contributed by atoms with Crippen LogP contribution in [-0.4, -0.2) is 90.3 Å². The molecule has 0 fully saturated rings. The highest BCUT2D eigenvalue weighted by atomic mass is 32.1. The van der Waals surface area contributed by atoms with E-state index >= 15 is 0 Å². The van der Waals surface area contributed by atoms with Gasteiger partial charge in [0.2, 0.25) is 11.9 Å². The van der Waals surface area contributed by atoms with Gasteiger partial charge >= 0.3 is 29.8 Å². The van der Waals surface area contributed by atoms with Crippen LogP contribution in [-0.2, 0) is 0 Å². The maximum atomic E-state index is 11.7. The average molecular weight is 767 g/mol. The molecule has 9 N–H and O–H groups in total. The Morgan fingerprint density at radius 3 is 1.67 bits per heavy atom. The summed E-state index contributed by atoms with van der Waals surface area (Å²) in [5.41, 5.74) is 5.62. The second-order valence-electron chi connectivity index (χ2n) is 11.1. The number of nitrogens with zero attached hydrogens (tertiary/aromatic N) is 9. The molecule has 3 aromatic heterocycles. The summed E-state index contributed by atoms with van der Waals surface area (Å²) in [6.45, 7) is 1.54. The molecular formula is C32H22N12O10S. The van der Waals surface area contributed by atoms with Gasteiger partial charge in [0, 0.05) is 16.9 Å². The highest BCUT2D eigenvalue weighted by molar-refractivity contribution is 7.18. The Bertz CT molecular complexity index is 2440. The van der Waals surface area contributed by atoms with Gasteiger partial charge in [-0.3, -0.25) is 0 Å². The standard InChI is InChI=1S/C32H22N12O10S/c1-12-21(39-41-32-42-40-23(55-32)13-3-2-4-14(5-13)24(45)46)22(33)44(43-12)31-37-29(34-19-8-15(25(47)48)6-16(9-19)26(49)50)36-30(38-31)35-20-10-17(27(51)52)7-18(11-20)28(53)54/h2-11H,33H2,1H3,(H,45,46)(H,47,48)(H,49,50)(H,51,52)(H,53,54)(H2,34,35,36,37,38)/b41-39+. The third-order valence-corrected chi connectivity index (χ3v) is 8.11. The maximum absolute atomic E-state index is 11.7. The minimum atomic E-state index is -1.42. The van der Waals surface area contributed by atoms with E-state index < -0.39 is 29.8 Å². The fourth-order valence-electron chi connectivity index (χ4n) is 4.79. The van der Waals surface area contributed by atoms with Crippen LogP contribution in [0.3, 0.4) is 0 Å². The van der Waals surface area contributed by atoms with Crippen molar-refractivity contribution in [3.05, 3.63) is 94.2 Å². The van der Waals surface area contributed by atoms with Crippen LogP contribution >= 0.6 is 11.3 Å². The van der Waals surface area contributed by atoms with Crippen molar-refractivity contribution in [1.29, 1.82) is 0 Å². The summed E-state index contributed by atoms with van der Waals surface area (Å²) in [7, 11) is 0. The Morgan fingerprint density at radius 1 is 0.673 bits per heavy atom. The first-order valence-corrected chi connectivity index (χ1v) is 15.9. The predicted molar refractivity (Wildman–Crippen MR) is 190 cm³/mol. The number of azo groups is 1. The van der Waals surface area contributed by atoms with Gasteiger partial charge in [-0.1, -0.05) is 23.5 Å². The molecule has 3 heterocycles. The van der Waals surface area contributed by atoms with Crippen LogP contribution in [0, 0.1) is 6.92 Å². The van der Waals surface area contributed by atoms with E-state index in [1.54, 1.807) is 19.1 Å². The van der Waals surface area contributed by atoms with E-state index in [0.29, 0.717) is 10.6 Å². The summed E-state index contributed by atoms with van der Waals surface area (Å²) in [4.78, 5) is 71.1. The molecule has 6 rings (SSSR count). The van der Waals surface area contributed by atoms with E-state index in [4.69, 9.17) is 5.73 Å². The number of anilines is 5. The van der Waals surface area contributed by atoms with Gasteiger partial charge in [-0.2, -0.15) is 24.7 Å². The largest absolute Gasteiger partial charge is 0.478 e. The van der Waals surface area contributed by atoms with Crippen molar-refractivity contribution < 1.29 is 49.5 Å². The van der Waals surface area contributed by atoms with E-state index in [-0.39, 0.29) is 79.4 Å². The minimum absolute atomic E-state index is 0.0505. The van der Waals surface area contributed by atoms with E-state index in [1.165, 1.54) is 12.1 Å².